The lowest BCUT2D eigenvalue weighted by Crippen LogP contribution is -2.40. The Labute approximate surface area is 136 Å². The van der Waals surface area contributed by atoms with Crippen LogP contribution >= 0.6 is 11.8 Å². The summed E-state index contributed by atoms with van der Waals surface area (Å²) < 4.78 is 5.55. The Hall–Kier alpha value is -1.04. The number of fused-ring (bicyclic) bond motifs is 1. The number of amides is 1. The predicted octanol–water partition coefficient (Wildman–Crippen LogP) is 2.89. The Morgan fingerprint density at radius 1 is 1.45 bits per heavy atom. The molecule has 3 rings (SSSR count). The summed E-state index contributed by atoms with van der Waals surface area (Å²) in [6.45, 7) is 4.86. The van der Waals surface area contributed by atoms with E-state index in [0.29, 0.717) is 12.0 Å². The molecule has 22 heavy (non-hydrogen) atoms. The van der Waals surface area contributed by atoms with Gasteiger partial charge in [-0.25, -0.2) is 0 Å². The number of benzene rings is 1. The molecule has 2 aliphatic rings. The fraction of sp³-hybridized carbons (Fsp3) is 0.588. The zero-order valence-corrected chi connectivity index (χ0v) is 13.8. The van der Waals surface area contributed by atoms with E-state index in [9.17, 15) is 4.79 Å². The van der Waals surface area contributed by atoms with Gasteiger partial charge < -0.3 is 15.4 Å². The molecular weight excluding hydrogens is 296 g/mol. The van der Waals surface area contributed by atoms with Crippen LogP contribution in [0.25, 0.3) is 0 Å². The predicted molar refractivity (Wildman–Crippen MR) is 90.3 cm³/mol. The molecule has 1 fully saturated rings. The molecule has 4 nitrogen and oxygen atoms in total. The second-order valence-electron chi connectivity index (χ2n) is 6.10. The van der Waals surface area contributed by atoms with Gasteiger partial charge in [0.25, 0.3) is 0 Å². The van der Waals surface area contributed by atoms with Gasteiger partial charge in [0.1, 0.15) is 0 Å². The zero-order chi connectivity index (χ0) is 15.4. The van der Waals surface area contributed by atoms with Crippen molar-refractivity contribution in [1.29, 1.82) is 0 Å². The second kappa shape index (κ2) is 7.49. The normalized spacial score (nSPS) is 26.1. The molecule has 1 aromatic carbocycles. The number of thioether (sulfide) groups is 1. The van der Waals surface area contributed by atoms with Crippen LogP contribution in [0, 0.1) is 5.92 Å². The van der Waals surface area contributed by atoms with Crippen molar-refractivity contribution in [2.24, 2.45) is 5.92 Å². The highest BCUT2D eigenvalue weighted by Gasteiger charge is 2.27. The van der Waals surface area contributed by atoms with Gasteiger partial charge in [-0.2, -0.15) is 0 Å². The van der Waals surface area contributed by atoms with Crippen LogP contribution in [0.4, 0.5) is 5.69 Å². The fourth-order valence-corrected chi connectivity index (χ4v) is 4.16. The third kappa shape index (κ3) is 3.83. The molecule has 3 atom stereocenters. The van der Waals surface area contributed by atoms with Crippen molar-refractivity contribution in [3.8, 4) is 0 Å². The first-order valence-corrected chi connectivity index (χ1v) is 8.99. The third-order valence-corrected chi connectivity index (χ3v) is 5.83. The minimum absolute atomic E-state index is 0.00259. The average Bonchev–Trinajstić information content (AvgIpc) is 2.56. The summed E-state index contributed by atoms with van der Waals surface area (Å²) in [5, 5.41) is 6.57. The van der Waals surface area contributed by atoms with E-state index in [4.69, 9.17) is 4.74 Å². The summed E-state index contributed by atoms with van der Waals surface area (Å²) in [5.74, 6) is 0.724. The molecule has 1 saturated heterocycles. The van der Waals surface area contributed by atoms with Crippen molar-refractivity contribution in [2.75, 3.05) is 25.1 Å². The number of rotatable bonds is 5. The van der Waals surface area contributed by atoms with Crippen LogP contribution in [-0.2, 0) is 9.53 Å². The zero-order valence-electron chi connectivity index (χ0n) is 13.0. The number of nitrogens with one attached hydrogen (secondary N) is 2. The molecule has 3 unspecified atom stereocenters. The van der Waals surface area contributed by atoms with Crippen LogP contribution in [0.3, 0.4) is 0 Å². The Morgan fingerprint density at radius 3 is 3.14 bits per heavy atom. The van der Waals surface area contributed by atoms with E-state index in [0.717, 1.165) is 38.3 Å². The number of para-hydroxylation sites is 1. The highest BCUT2D eigenvalue weighted by atomic mass is 32.2. The minimum atomic E-state index is -0.00259. The first-order valence-electron chi connectivity index (χ1n) is 8.11. The standard InChI is InChI=1S/C17H24N2O2S/c1-12(13-5-4-10-21-11-13)18-9-8-16-17(20)19-14-6-2-3-7-15(14)22-16/h2-3,6-7,12-13,16,18H,4-5,8-11H2,1H3,(H,19,20). The maximum absolute atomic E-state index is 12.2. The average molecular weight is 320 g/mol. The third-order valence-electron chi connectivity index (χ3n) is 4.48. The van der Waals surface area contributed by atoms with Crippen LogP contribution in [0.2, 0.25) is 0 Å². The van der Waals surface area contributed by atoms with Crippen LogP contribution in [0.1, 0.15) is 26.2 Å². The van der Waals surface area contributed by atoms with Crippen molar-refractivity contribution >= 4 is 23.4 Å². The van der Waals surface area contributed by atoms with E-state index in [-0.39, 0.29) is 11.2 Å². The molecule has 2 N–H and O–H groups in total. The van der Waals surface area contributed by atoms with Gasteiger partial charge in [0.2, 0.25) is 5.91 Å². The lowest BCUT2D eigenvalue weighted by molar-refractivity contribution is -0.115. The summed E-state index contributed by atoms with van der Waals surface area (Å²) in [5.41, 5.74) is 0.939. The molecule has 0 bridgehead atoms. The largest absolute Gasteiger partial charge is 0.381 e. The van der Waals surface area contributed by atoms with E-state index < -0.39 is 0 Å². The number of anilines is 1. The molecule has 1 aromatic rings. The number of carbonyl (C=O) groups excluding carboxylic acids is 1. The number of hydrogen-bond acceptors (Lipinski definition) is 4. The first-order chi connectivity index (χ1) is 10.7. The molecule has 0 aliphatic carbocycles. The van der Waals surface area contributed by atoms with Crippen molar-refractivity contribution in [2.45, 2.75) is 42.4 Å². The molecular formula is C17H24N2O2S. The Kier molecular flexibility index (Phi) is 5.39. The van der Waals surface area contributed by atoms with Gasteiger partial charge in [-0.3, -0.25) is 4.79 Å². The van der Waals surface area contributed by atoms with Crippen molar-refractivity contribution < 1.29 is 9.53 Å². The number of hydrogen-bond donors (Lipinski definition) is 2. The van der Waals surface area contributed by atoms with Gasteiger partial charge in [-0.05, 0) is 50.8 Å². The maximum atomic E-state index is 12.2. The molecule has 2 heterocycles. The summed E-state index contributed by atoms with van der Waals surface area (Å²) in [7, 11) is 0. The highest BCUT2D eigenvalue weighted by Crippen LogP contribution is 2.36. The Balaban J connectivity index is 1.46. The van der Waals surface area contributed by atoms with Crippen molar-refractivity contribution in [1.82, 2.24) is 5.32 Å². The van der Waals surface area contributed by atoms with E-state index in [1.165, 1.54) is 11.3 Å². The SMILES string of the molecule is CC(NCCC1Sc2ccccc2NC1=O)C1CCCOC1. The van der Waals surface area contributed by atoms with Crippen molar-refractivity contribution in [3.05, 3.63) is 24.3 Å². The lowest BCUT2D eigenvalue weighted by Gasteiger charge is -2.29. The molecule has 120 valence electrons. The molecule has 0 radical (unpaired) electrons. The summed E-state index contributed by atoms with van der Waals surface area (Å²) >= 11 is 1.68. The molecule has 0 spiro atoms. The molecule has 1 amide bonds. The molecule has 0 aromatic heterocycles. The number of ether oxygens (including phenoxy) is 1. The van der Waals surface area contributed by atoms with Gasteiger partial charge in [0.15, 0.2) is 0 Å². The van der Waals surface area contributed by atoms with Gasteiger partial charge in [-0.1, -0.05) is 12.1 Å². The highest BCUT2D eigenvalue weighted by molar-refractivity contribution is 8.01. The topological polar surface area (TPSA) is 50.4 Å². The van der Waals surface area contributed by atoms with Gasteiger partial charge in [-0.15, -0.1) is 11.8 Å². The Bertz CT molecular complexity index is 517. The van der Waals surface area contributed by atoms with E-state index in [2.05, 4.69) is 23.6 Å². The van der Waals surface area contributed by atoms with Gasteiger partial charge in [0.05, 0.1) is 17.5 Å². The van der Waals surface area contributed by atoms with Crippen LogP contribution in [0.5, 0.6) is 0 Å². The van der Waals surface area contributed by atoms with Gasteiger partial charge in [0, 0.05) is 17.5 Å². The quantitative estimate of drug-likeness (QED) is 0.876. The van der Waals surface area contributed by atoms with Crippen LogP contribution < -0.4 is 10.6 Å². The first kappa shape index (κ1) is 15.8. The lowest BCUT2D eigenvalue weighted by atomic mass is 9.95. The monoisotopic (exact) mass is 320 g/mol. The molecule has 0 saturated carbocycles. The fourth-order valence-electron chi connectivity index (χ4n) is 3.05. The van der Waals surface area contributed by atoms with Crippen LogP contribution in [-0.4, -0.2) is 37.0 Å². The summed E-state index contributed by atoms with van der Waals surface area (Å²) in [4.78, 5) is 13.3. The molecule has 2 aliphatic heterocycles. The smallest absolute Gasteiger partial charge is 0.237 e. The maximum Gasteiger partial charge on any atom is 0.237 e. The second-order valence-corrected chi connectivity index (χ2v) is 7.35. The van der Waals surface area contributed by atoms with Crippen molar-refractivity contribution in [3.63, 3.8) is 0 Å². The van der Waals surface area contributed by atoms with E-state index >= 15 is 0 Å². The minimum Gasteiger partial charge on any atom is -0.381 e. The summed E-state index contributed by atoms with van der Waals surface area (Å²) in [6, 6.07) is 8.45. The van der Waals surface area contributed by atoms with E-state index in [1.807, 2.05) is 18.2 Å². The summed E-state index contributed by atoms with van der Waals surface area (Å²) in [6.07, 6.45) is 3.25. The van der Waals surface area contributed by atoms with Crippen LogP contribution in [0.15, 0.2) is 29.2 Å². The molecule has 5 heteroatoms. The number of carbonyl (C=O) groups is 1. The van der Waals surface area contributed by atoms with Gasteiger partial charge >= 0.3 is 0 Å². The van der Waals surface area contributed by atoms with E-state index in [1.54, 1.807) is 11.8 Å². The Morgan fingerprint density at radius 2 is 2.32 bits per heavy atom.